The lowest BCUT2D eigenvalue weighted by atomic mass is 10.0. The zero-order valence-corrected chi connectivity index (χ0v) is 36.2. The Morgan fingerprint density at radius 2 is 1.05 bits per heavy atom. The van der Waals surface area contributed by atoms with E-state index in [1.807, 2.05) is 16.1 Å². The van der Waals surface area contributed by atoms with Gasteiger partial charge in [-0.3, -0.25) is 4.79 Å². The fraction of sp³-hybridized carbons (Fsp3) is 0.353. The summed E-state index contributed by atoms with van der Waals surface area (Å²) in [4.78, 5) is 21.0. The maximum Gasteiger partial charge on any atom is 0.160 e. The number of para-hydroxylation sites is 2. The third-order valence-corrected chi connectivity index (χ3v) is 13.5. The molecule has 0 unspecified atom stereocenters. The second-order valence-electron chi connectivity index (χ2n) is 15.5. The molecule has 0 aliphatic carbocycles. The molecule has 300 valence electrons. The Morgan fingerprint density at radius 1 is 0.552 bits per heavy atom. The Labute approximate surface area is 353 Å². The van der Waals surface area contributed by atoms with Gasteiger partial charge in [-0.2, -0.15) is 15.0 Å². The van der Waals surface area contributed by atoms with Gasteiger partial charge in [-0.1, -0.05) is 139 Å². The van der Waals surface area contributed by atoms with Crippen LogP contribution in [0.3, 0.4) is 0 Å². The summed E-state index contributed by atoms with van der Waals surface area (Å²) >= 11 is 3.47. The SMILES string of the molecule is CCCCCCc1cc(-c2ccc(-c3cc(CCCCCC)c(-c4ccc(N(c5ccccc5)c5ccccc5)cc4)s3)c3nn(CCCCCC)nc23)sc1C=O. The Kier molecular flexibility index (Phi) is 14.8. The molecule has 4 aromatic carbocycles. The predicted octanol–water partition coefficient (Wildman–Crippen LogP) is 15.7. The summed E-state index contributed by atoms with van der Waals surface area (Å²) in [6.07, 6.45) is 17.3. The van der Waals surface area contributed by atoms with Gasteiger partial charge in [0.25, 0.3) is 0 Å². The molecular weight excluding hydrogens is 749 g/mol. The lowest BCUT2D eigenvalue weighted by Crippen LogP contribution is -2.09. The number of carbonyl (C=O) groups excluding carboxylic acids is 1. The van der Waals surface area contributed by atoms with Gasteiger partial charge in [0, 0.05) is 42.8 Å². The third-order valence-electron chi connectivity index (χ3n) is 11.1. The number of aromatic nitrogens is 3. The van der Waals surface area contributed by atoms with Gasteiger partial charge in [0.1, 0.15) is 11.0 Å². The first-order valence-electron chi connectivity index (χ1n) is 21.7. The van der Waals surface area contributed by atoms with E-state index in [1.54, 1.807) is 11.3 Å². The van der Waals surface area contributed by atoms with Gasteiger partial charge in [0.05, 0.1) is 11.4 Å². The molecule has 7 aromatic rings. The lowest BCUT2D eigenvalue weighted by Gasteiger charge is -2.25. The van der Waals surface area contributed by atoms with E-state index in [0.717, 1.165) is 93.1 Å². The molecule has 3 heterocycles. The molecule has 0 radical (unpaired) electrons. The Morgan fingerprint density at radius 3 is 1.60 bits per heavy atom. The van der Waals surface area contributed by atoms with Crippen LogP contribution in [0.15, 0.2) is 109 Å². The van der Waals surface area contributed by atoms with E-state index in [2.05, 4.69) is 135 Å². The van der Waals surface area contributed by atoms with Crippen LogP contribution >= 0.6 is 22.7 Å². The first kappa shape index (κ1) is 41.3. The standard InChI is InChI=1S/C51H58N4OS2/c1-4-7-10-15-22-39-35-46(57-48(39)37-56)44-32-33-45(50-49(44)52-54(53-50)34-21-12-9-6-3)47-36-40(23-16-11-8-5-2)51(58-47)38-28-30-43(31-29-38)55(41-24-17-13-18-25-41)42-26-19-14-20-27-42/h13-14,17-20,24-33,35-37H,4-12,15-16,21-23,34H2,1-3H3. The van der Waals surface area contributed by atoms with Crippen molar-refractivity contribution in [2.24, 2.45) is 0 Å². The van der Waals surface area contributed by atoms with Gasteiger partial charge >= 0.3 is 0 Å². The molecule has 0 fully saturated rings. The van der Waals surface area contributed by atoms with E-state index in [-0.39, 0.29) is 0 Å². The molecule has 0 aliphatic heterocycles. The zero-order chi connectivity index (χ0) is 40.1. The molecule has 0 saturated heterocycles. The Bertz CT molecular complexity index is 2300. The van der Waals surface area contributed by atoms with Crippen molar-refractivity contribution in [3.05, 3.63) is 125 Å². The summed E-state index contributed by atoms with van der Waals surface area (Å²) in [5, 5.41) is 10.4. The van der Waals surface area contributed by atoms with E-state index in [9.17, 15) is 4.79 Å². The normalized spacial score (nSPS) is 11.4. The third kappa shape index (κ3) is 9.87. The second-order valence-corrected chi connectivity index (χ2v) is 17.6. The molecule has 0 spiro atoms. The number of hydrogen-bond acceptors (Lipinski definition) is 6. The fourth-order valence-electron chi connectivity index (χ4n) is 7.92. The van der Waals surface area contributed by atoms with E-state index in [0.29, 0.717) is 0 Å². The van der Waals surface area contributed by atoms with Crippen molar-refractivity contribution in [1.29, 1.82) is 0 Å². The van der Waals surface area contributed by atoms with Gasteiger partial charge in [0.15, 0.2) is 6.29 Å². The Hall–Kier alpha value is -4.85. The van der Waals surface area contributed by atoms with Crippen LogP contribution in [0, 0.1) is 0 Å². The number of thiophene rings is 2. The first-order valence-corrected chi connectivity index (χ1v) is 23.3. The summed E-state index contributed by atoms with van der Waals surface area (Å²) in [7, 11) is 0. The van der Waals surface area contributed by atoms with Gasteiger partial charge in [-0.15, -0.1) is 22.7 Å². The van der Waals surface area contributed by atoms with Crippen molar-refractivity contribution in [2.75, 3.05) is 4.90 Å². The number of nitrogens with zero attached hydrogens (tertiary/aromatic N) is 4. The quantitative estimate of drug-likeness (QED) is 0.0506. The van der Waals surface area contributed by atoms with Crippen LogP contribution in [-0.2, 0) is 19.4 Å². The average Bonchev–Trinajstić information content (AvgIpc) is 4.01. The minimum atomic E-state index is 0.800. The number of anilines is 3. The van der Waals surface area contributed by atoms with E-state index >= 15 is 0 Å². The van der Waals surface area contributed by atoms with Gasteiger partial charge in [-0.25, -0.2) is 0 Å². The Balaban J connectivity index is 1.27. The molecule has 0 saturated carbocycles. The molecule has 0 aliphatic rings. The number of rotatable bonds is 22. The number of carbonyl (C=O) groups is 1. The minimum absolute atomic E-state index is 0.800. The molecular formula is C51H58N4OS2. The van der Waals surface area contributed by atoms with Gasteiger partial charge < -0.3 is 4.90 Å². The van der Waals surface area contributed by atoms with Crippen LogP contribution in [0.25, 0.3) is 42.4 Å². The van der Waals surface area contributed by atoms with E-state index in [4.69, 9.17) is 10.2 Å². The van der Waals surface area contributed by atoms with Crippen molar-refractivity contribution in [3.8, 4) is 31.3 Å². The number of hydrogen-bond donors (Lipinski definition) is 0. The summed E-state index contributed by atoms with van der Waals surface area (Å²) < 4.78 is 0. The highest BCUT2D eigenvalue weighted by Crippen LogP contribution is 2.44. The topological polar surface area (TPSA) is 51.0 Å². The van der Waals surface area contributed by atoms with Crippen LogP contribution in [-0.4, -0.2) is 21.3 Å². The number of aryl methyl sites for hydroxylation is 3. The number of benzene rings is 4. The van der Waals surface area contributed by atoms with Crippen molar-refractivity contribution < 1.29 is 4.79 Å². The van der Waals surface area contributed by atoms with E-state index in [1.165, 1.54) is 85.1 Å². The monoisotopic (exact) mass is 806 g/mol. The molecule has 0 atom stereocenters. The summed E-state index contributed by atoms with van der Waals surface area (Å²) in [6, 6.07) is 39.5. The summed E-state index contributed by atoms with van der Waals surface area (Å²) in [5.74, 6) is 0. The van der Waals surface area contributed by atoms with Gasteiger partial charge in [-0.05, 0) is 97.3 Å². The molecule has 5 nitrogen and oxygen atoms in total. The van der Waals surface area contributed by atoms with Crippen LogP contribution < -0.4 is 4.90 Å². The first-order chi connectivity index (χ1) is 28.6. The second kappa shape index (κ2) is 20.7. The maximum atomic E-state index is 12.3. The maximum absolute atomic E-state index is 12.3. The lowest BCUT2D eigenvalue weighted by molar-refractivity contribution is 0.112. The largest absolute Gasteiger partial charge is 0.311 e. The molecule has 0 amide bonds. The summed E-state index contributed by atoms with van der Waals surface area (Å²) in [5.41, 5.74) is 11.3. The highest BCUT2D eigenvalue weighted by Gasteiger charge is 2.21. The van der Waals surface area contributed by atoms with Crippen molar-refractivity contribution in [1.82, 2.24) is 15.0 Å². The van der Waals surface area contributed by atoms with Crippen LogP contribution in [0.1, 0.15) is 119 Å². The average molecular weight is 807 g/mol. The van der Waals surface area contributed by atoms with Crippen LogP contribution in [0.5, 0.6) is 0 Å². The molecule has 0 N–H and O–H groups in total. The highest BCUT2D eigenvalue weighted by molar-refractivity contribution is 7.19. The minimum Gasteiger partial charge on any atom is -0.311 e. The smallest absolute Gasteiger partial charge is 0.160 e. The van der Waals surface area contributed by atoms with Crippen molar-refractivity contribution in [2.45, 2.75) is 117 Å². The van der Waals surface area contributed by atoms with Gasteiger partial charge in [0.2, 0.25) is 0 Å². The zero-order valence-electron chi connectivity index (χ0n) is 34.6. The molecule has 7 rings (SSSR count). The molecule has 58 heavy (non-hydrogen) atoms. The van der Waals surface area contributed by atoms with Crippen LogP contribution in [0.2, 0.25) is 0 Å². The number of unbranched alkanes of at least 4 members (excludes halogenated alkanes) is 9. The number of fused-ring (bicyclic) bond motifs is 1. The van der Waals surface area contributed by atoms with Crippen molar-refractivity contribution in [3.63, 3.8) is 0 Å². The number of aldehydes is 1. The van der Waals surface area contributed by atoms with E-state index < -0.39 is 0 Å². The van der Waals surface area contributed by atoms with Crippen LogP contribution in [0.4, 0.5) is 17.1 Å². The predicted molar refractivity (Wildman–Crippen MR) is 249 cm³/mol. The molecule has 0 bridgehead atoms. The van der Waals surface area contributed by atoms with Crippen molar-refractivity contribution >= 4 is 57.1 Å². The molecule has 7 heteroatoms. The molecule has 3 aromatic heterocycles. The summed E-state index contributed by atoms with van der Waals surface area (Å²) in [6.45, 7) is 7.56. The fourth-order valence-corrected chi connectivity index (χ4v) is 10.2. The highest BCUT2D eigenvalue weighted by atomic mass is 32.1.